The molecule has 0 saturated heterocycles. The largest absolute Gasteiger partial charge is 0.459 e. The number of para-hydroxylation sites is 1. The zero-order valence-electron chi connectivity index (χ0n) is 12.8. The average Bonchev–Trinajstić information content (AvgIpc) is 3.08. The number of nitrogens with zero attached hydrogens (tertiary/aromatic N) is 2. The number of aromatic nitrogens is 2. The second kappa shape index (κ2) is 6.48. The first-order valence-corrected chi connectivity index (χ1v) is 7.44. The summed E-state index contributed by atoms with van der Waals surface area (Å²) in [6, 6.07) is 10.6. The van der Waals surface area contributed by atoms with Crippen molar-refractivity contribution < 1.29 is 9.21 Å². The Bertz CT molecular complexity index is 882. The summed E-state index contributed by atoms with van der Waals surface area (Å²) in [5, 5.41) is 3.37. The number of hydrogen-bond donors (Lipinski definition) is 1. The first-order valence-electron chi connectivity index (χ1n) is 7.44. The fourth-order valence-corrected chi connectivity index (χ4v) is 2.48. The standard InChI is InChI=1S/C17H17N3O3/c1-12-19-14-7-3-2-6-13(14)17(22)20(12)10-5-9-18-16(21)15-8-4-11-23-15/h2-4,6-8,11H,5,9-10H2,1H3,(H,18,21). The van der Waals surface area contributed by atoms with E-state index in [9.17, 15) is 9.59 Å². The lowest BCUT2D eigenvalue weighted by Gasteiger charge is -2.10. The van der Waals surface area contributed by atoms with Gasteiger partial charge in [-0.15, -0.1) is 0 Å². The van der Waals surface area contributed by atoms with E-state index in [0.29, 0.717) is 36.2 Å². The maximum atomic E-state index is 12.5. The maximum Gasteiger partial charge on any atom is 0.286 e. The molecule has 2 heterocycles. The molecule has 3 aromatic rings. The van der Waals surface area contributed by atoms with Crippen LogP contribution in [0.2, 0.25) is 0 Å². The van der Waals surface area contributed by atoms with E-state index in [1.165, 1.54) is 6.26 Å². The molecule has 0 saturated carbocycles. The zero-order valence-corrected chi connectivity index (χ0v) is 12.8. The van der Waals surface area contributed by atoms with Gasteiger partial charge in [0.15, 0.2) is 5.76 Å². The van der Waals surface area contributed by atoms with Crippen LogP contribution in [0.15, 0.2) is 51.9 Å². The number of nitrogens with one attached hydrogen (secondary N) is 1. The minimum absolute atomic E-state index is 0.0505. The number of carbonyl (C=O) groups is 1. The van der Waals surface area contributed by atoms with Crippen LogP contribution in [0.25, 0.3) is 10.9 Å². The van der Waals surface area contributed by atoms with Gasteiger partial charge < -0.3 is 9.73 Å². The van der Waals surface area contributed by atoms with Gasteiger partial charge >= 0.3 is 0 Å². The van der Waals surface area contributed by atoms with Crippen molar-refractivity contribution in [1.29, 1.82) is 0 Å². The topological polar surface area (TPSA) is 77.1 Å². The molecule has 0 aliphatic heterocycles. The number of hydrogen-bond acceptors (Lipinski definition) is 4. The van der Waals surface area contributed by atoms with Crippen LogP contribution in [0.1, 0.15) is 22.8 Å². The van der Waals surface area contributed by atoms with E-state index in [4.69, 9.17) is 4.42 Å². The summed E-state index contributed by atoms with van der Waals surface area (Å²) < 4.78 is 6.66. The molecule has 6 heteroatoms. The Hall–Kier alpha value is -2.89. The molecule has 1 aromatic carbocycles. The molecule has 1 amide bonds. The predicted octanol–water partition coefficient (Wildman–Crippen LogP) is 2.12. The average molecular weight is 311 g/mol. The molecule has 0 aliphatic rings. The van der Waals surface area contributed by atoms with Crippen LogP contribution in [0.5, 0.6) is 0 Å². The van der Waals surface area contributed by atoms with E-state index in [1.807, 2.05) is 25.1 Å². The van der Waals surface area contributed by atoms with Gasteiger partial charge in [0, 0.05) is 13.1 Å². The van der Waals surface area contributed by atoms with Crippen LogP contribution in [-0.4, -0.2) is 22.0 Å². The first kappa shape index (κ1) is 15.0. The van der Waals surface area contributed by atoms with E-state index in [0.717, 1.165) is 0 Å². The highest BCUT2D eigenvalue weighted by molar-refractivity contribution is 5.91. The van der Waals surface area contributed by atoms with E-state index >= 15 is 0 Å². The Morgan fingerprint density at radius 3 is 2.87 bits per heavy atom. The normalized spacial score (nSPS) is 10.8. The van der Waals surface area contributed by atoms with Crippen LogP contribution >= 0.6 is 0 Å². The third-order valence-corrected chi connectivity index (χ3v) is 3.64. The number of rotatable bonds is 5. The lowest BCUT2D eigenvalue weighted by molar-refractivity contribution is 0.0925. The van der Waals surface area contributed by atoms with Crippen LogP contribution in [0, 0.1) is 6.92 Å². The molecular formula is C17H17N3O3. The van der Waals surface area contributed by atoms with Gasteiger partial charge in [-0.05, 0) is 37.6 Å². The number of amides is 1. The van der Waals surface area contributed by atoms with Gasteiger partial charge in [-0.25, -0.2) is 4.98 Å². The van der Waals surface area contributed by atoms with E-state index in [2.05, 4.69) is 10.3 Å². The molecule has 0 fully saturated rings. The fraction of sp³-hybridized carbons (Fsp3) is 0.235. The van der Waals surface area contributed by atoms with Gasteiger partial charge in [-0.2, -0.15) is 0 Å². The molecule has 6 nitrogen and oxygen atoms in total. The van der Waals surface area contributed by atoms with Crippen LogP contribution < -0.4 is 10.9 Å². The van der Waals surface area contributed by atoms with Crippen molar-refractivity contribution in [3.05, 3.63) is 64.6 Å². The molecule has 0 unspecified atom stereocenters. The van der Waals surface area contributed by atoms with Gasteiger partial charge in [-0.3, -0.25) is 14.2 Å². The summed E-state index contributed by atoms with van der Waals surface area (Å²) in [4.78, 5) is 28.7. The van der Waals surface area contributed by atoms with Crippen molar-refractivity contribution in [2.24, 2.45) is 0 Å². The van der Waals surface area contributed by atoms with Gasteiger partial charge in [0.05, 0.1) is 17.2 Å². The highest BCUT2D eigenvalue weighted by Crippen LogP contribution is 2.07. The molecule has 3 rings (SSSR count). The predicted molar refractivity (Wildman–Crippen MR) is 86.4 cm³/mol. The molecule has 0 radical (unpaired) electrons. The van der Waals surface area contributed by atoms with Gasteiger partial charge in [0.2, 0.25) is 0 Å². The number of aryl methyl sites for hydroxylation is 1. The minimum Gasteiger partial charge on any atom is -0.459 e. The number of benzene rings is 1. The number of fused-ring (bicyclic) bond motifs is 1. The SMILES string of the molecule is Cc1nc2ccccc2c(=O)n1CCCNC(=O)c1ccco1. The molecule has 118 valence electrons. The summed E-state index contributed by atoms with van der Waals surface area (Å²) in [7, 11) is 0. The Kier molecular flexibility index (Phi) is 4.23. The third-order valence-electron chi connectivity index (χ3n) is 3.64. The van der Waals surface area contributed by atoms with Crippen molar-refractivity contribution >= 4 is 16.8 Å². The molecular weight excluding hydrogens is 294 g/mol. The second-order valence-electron chi connectivity index (χ2n) is 5.22. The van der Waals surface area contributed by atoms with E-state index in [1.54, 1.807) is 22.8 Å². The monoisotopic (exact) mass is 311 g/mol. The Balaban J connectivity index is 1.66. The molecule has 0 bridgehead atoms. The summed E-state index contributed by atoms with van der Waals surface area (Å²) in [6.07, 6.45) is 2.09. The van der Waals surface area contributed by atoms with E-state index in [-0.39, 0.29) is 17.2 Å². The molecule has 2 aromatic heterocycles. The molecule has 1 N–H and O–H groups in total. The van der Waals surface area contributed by atoms with Crippen LogP contribution in [-0.2, 0) is 6.54 Å². The van der Waals surface area contributed by atoms with E-state index < -0.39 is 0 Å². The van der Waals surface area contributed by atoms with Crippen molar-refractivity contribution in [1.82, 2.24) is 14.9 Å². The zero-order chi connectivity index (χ0) is 16.2. The van der Waals surface area contributed by atoms with Gasteiger partial charge in [0.1, 0.15) is 5.82 Å². The van der Waals surface area contributed by atoms with Crippen molar-refractivity contribution in [3.8, 4) is 0 Å². The second-order valence-corrected chi connectivity index (χ2v) is 5.22. The molecule has 0 aliphatic carbocycles. The Morgan fingerprint density at radius 2 is 2.09 bits per heavy atom. The summed E-state index contributed by atoms with van der Waals surface area (Å²) in [6.45, 7) is 2.77. The lowest BCUT2D eigenvalue weighted by Crippen LogP contribution is -2.28. The molecule has 0 atom stereocenters. The van der Waals surface area contributed by atoms with Gasteiger partial charge in [0.25, 0.3) is 11.5 Å². The smallest absolute Gasteiger partial charge is 0.286 e. The molecule has 23 heavy (non-hydrogen) atoms. The van der Waals surface area contributed by atoms with Gasteiger partial charge in [-0.1, -0.05) is 12.1 Å². The lowest BCUT2D eigenvalue weighted by atomic mass is 10.2. The summed E-state index contributed by atoms with van der Waals surface area (Å²) >= 11 is 0. The summed E-state index contributed by atoms with van der Waals surface area (Å²) in [5.74, 6) is 0.701. The van der Waals surface area contributed by atoms with Crippen molar-refractivity contribution in [3.63, 3.8) is 0 Å². The highest BCUT2D eigenvalue weighted by Gasteiger charge is 2.09. The highest BCUT2D eigenvalue weighted by atomic mass is 16.3. The minimum atomic E-state index is -0.254. The first-order chi connectivity index (χ1) is 11.2. The fourth-order valence-electron chi connectivity index (χ4n) is 2.48. The van der Waals surface area contributed by atoms with Crippen LogP contribution in [0.3, 0.4) is 0 Å². The van der Waals surface area contributed by atoms with Crippen molar-refractivity contribution in [2.75, 3.05) is 6.54 Å². The number of carbonyl (C=O) groups excluding carboxylic acids is 1. The number of furan rings is 1. The van der Waals surface area contributed by atoms with Crippen molar-refractivity contribution in [2.45, 2.75) is 19.9 Å². The maximum absolute atomic E-state index is 12.5. The Labute approximate surface area is 132 Å². The molecule has 0 spiro atoms. The van der Waals surface area contributed by atoms with Crippen LogP contribution in [0.4, 0.5) is 0 Å². The third kappa shape index (κ3) is 3.15. The summed E-state index contributed by atoms with van der Waals surface area (Å²) in [5.41, 5.74) is 0.655. The quantitative estimate of drug-likeness (QED) is 0.732. The Morgan fingerprint density at radius 1 is 1.26 bits per heavy atom.